The Kier molecular flexibility index (Phi) is 4.15. The third-order valence-corrected chi connectivity index (χ3v) is 3.83. The molecule has 0 N–H and O–H groups in total. The molecular weight excluding hydrogens is 258 g/mol. The Balaban J connectivity index is 1.73. The van der Waals surface area contributed by atoms with Crippen molar-refractivity contribution in [3.63, 3.8) is 0 Å². The lowest BCUT2D eigenvalue weighted by Crippen LogP contribution is -2.23. The van der Waals surface area contributed by atoms with Crippen LogP contribution in [0.25, 0.3) is 0 Å². The van der Waals surface area contributed by atoms with Crippen LogP contribution in [-0.4, -0.2) is 12.8 Å². The number of furan rings is 1. The van der Waals surface area contributed by atoms with Gasteiger partial charge in [0.25, 0.3) is 0 Å². The number of benzene rings is 1. The van der Waals surface area contributed by atoms with Gasteiger partial charge >= 0.3 is 0 Å². The number of rotatable bonds is 5. The van der Waals surface area contributed by atoms with Crippen molar-refractivity contribution in [2.75, 3.05) is 6.54 Å². The summed E-state index contributed by atoms with van der Waals surface area (Å²) in [6.45, 7) is 0.768. The first-order valence-corrected chi connectivity index (χ1v) is 7.33. The zero-order valence-corrected chi connectivity index (χ0v) is 12.0. The number of aliphatic imine (C=N–C) groups is 1. The maximum absolute atomic E-state index is 5.26. The molecule has 1 aromatic carbocycles. The third kappa shape index (κ3) is 3.22. The van der Waals surface area contributed by atoms with Gasteiger partial charge in [-0.2, -0.15) is 0 Å². The Labute approximate surface area is 125 Å². The molecule has 1 aromatic heterocycles. The van der Waals surface area contributed by atoms with E-state index < -0.39 is 0 Å². The smallest absolute Gasteiger partial charge is 0.144 e. The van der Waals surface area contributed by atoms with Crippen molar-refractivity contribution in [1.29, 1.82) is 0 Å². The number of nitrogens with zero attached hydrogens (tertiary/aromatic N) is 1. The fraction of sp³-hybridized carbons (Fsp3) is 0.211. The summed E-state index contributed by atoms with van der Waals surface area (Å²) in [4.78, 5) is 4.49. The summed E-state index contributed by atoms with van der Waals surface area (Å²) in [5.74, 6) is 0.804. The zero-order chi connectivity index (χ0) is 14.4. The Morgan fingerprint density at radius 2 is 1.86 bits per heavy atom. The molecule has 2 aromatic rings. The molecule has 3 rings (SSSR count). The topological polar surface area (TPSA) is 25.5 Å². The molecule has 1 aliphatic rings. The molecule has 0 fully saturated rings. The second-order valence-electron chi connectivity index (χ2n) is 5.25. The molecule has 0 radical (unpaired) electrons. The second-order valence-corrected chi connectivity index (χ2v) is 5.25. The van der Waals surface area contributed by atoms with Gasteiger partial charge in [0.2, 0.25) is 0 Å². The molecule has 0 unspecified atom stereocenters. The van der Waals surface area contributed by atoms with E-state index in [0.717, 1.165) is 25.1 Å². The SMILES string of the molecule is C1=CC(CCN=Cc2ccco2)(c2ccccc2)C=CC1. The summed E-state index contributed by atoms with van der Waals surface area (Å²) in [5.41, 5.74) is 1.30. The molecule has 0 aliphatic heterocycles. The van der Waals surface area contributed by atoms with Crippen molar-refractivity contribution in [2.24, 2.45) is 4.99 Å². The lowest BCUT2D eigenvalue weighted by Gasteiger charge is -2.29. The van der Waals surface area contributed by atoms with Crippen LogP contribution in [0.5, 0.6) is 0 Å². The van der Waals surface area contributed by atoms with Gasteiger partial charge in [0.1, 0.15) is 5.76 Å². The van der Waals surface area contributed by atoms with Gasteiger partial charge in [-0.25, -0.2) is 0 Å². The Morgan fingerprint density at radius 1 is 1.05 bits per heavy atom. The largest absolute Gasteiger partial charge is 0.463 e. The quantitative estimate of drug-likeness (QED) is 0.581. The van der Waals surface area contributed by atoms with Crippen LogP contribution in [0.1, 0.15) is 24.2 Å². The number of allylic oxidation sites excluding steroid dienone is 4. The van der Waals surface area contributed by atoms with Gasteiger partial charge in [0.05, 0.1) is 12.5 Å². The van der Waals surface area contributed by atoms with Crippen LogP contribution < -0.4 is 0 Å². The van der Waals surface area contributed by atoms with Gasteiger partial charge < -0.3 is 4.42 Å². The van der Waals surface area contributed by atoms with E-state index in [1.165, 1.54) is 5.56 Å². The Morgan fingerprint density at radius 3 is 2.57 bits per heavy atom. The highest BCUT2D eigenvalue weighted by Gasteiger charge is 2.26. The average molecular weight is 277 g/mol. The summed E-state index contributed by atoms with van der Waals surface area (Å²) >= 11 is 0. The lowest BCUT2D eigenvalue weighted by molar-refractivity contribution is 0.558. The highest BCUT2D eigenvalue weighted by molar-refractivity contribution is 5.75. The van der Waals surface area contributed by atoms with Crippen molar-refractivity contribution in [3.8, 4) is 0 Å². The van der Waals surface area contributed by atoms with Gasteiger partial charge in [-0.15, -0.1) is 0 Å². The van der Waals surface area contributed by atoms with Crippen LogP contribution >= 0.6 is 0 Å². The Bertz CT molecular complexity index is 623. The molecule has 0 amide bonds. The molecule has 21 heavy (non-hydrogen) atoms. The molecule has 1 heterocycles. The molecule has 106 valence electrons. The molecule has 0 saturated heterocycles. The Hall–Kier alpha value is -2.35. The molecule has 0 saturated carbocycles. The average Bonchev–Trinajstić information content (AvgIpc) is 3.07. The predicted octanol–water partition coefficient (Wildman–Crippen LogP) is 4.54. The van der Waals surface area contributed by atoms with E-state index in [0.29, 0.717) is 0 Å². The molecule has 0 atom stereocenters. The first-order valence-electron chi connectivity index (χ1n) is 7.33. The van der Waals surface area contributed by atoms with Crippen molar-refractivity contribution in [1.82, 2.24) is 0 Å². The zero-order valence-electron chi connectivity index (χ0n) is 12.0. The van der Waals surface area contributed by atoms with Crippen molar-refractivity contribution in [2.45, 2.75) is 18.3 Å². The predicted molar refractivity (Wildman–Crippen MR) is 86.8 cm³/mol. The monoisotopic (exact) mass is 277 g/mol. The van der Waals surface area contributed by atoms with E-state index >= 15 is 0 Å². The fourth-order valence-electron chi connectivity index (χ4n) is 2.71. The van der Waals surface area contributed by atoms with Gasteiger partial charge in [-0.05, 0) is 30.5 Å². The van der Waals surface area contributed by atoms with Gasteiger partial charge in [-0.1, -0.05) is 54.6 Å². The van der Waals surface area contributed by atoms with E-state index in [-0.39, 0.29) is 5.41 Å². The summed E-state index contributed by atoms with van der Waals surface area (Å²) in [6.07, 6.45) is 14.5. The summed E-state index contributed by atoms with van der Waals surface area (Å²) in [6, 6.07) is 14.4. The number of hydrogen-bond donors (Lipinski definition) is 0. The fourth-order valence-corrected chi connectivity index (χ4v) is 2.71. The van der Waals surface area contributed by atoms with E-state index in [4.69, 9.17) is 4.42 Å². The normalized spacial score (nSPS) is 16.6. The maximum atomic E-state index is 5.26. The minimum Gasteiger partial charge on any atom is -0.463 e. The van der Waals surface area contributed by atoms with Crippen molar-refractivity contribution >= 4 is 6.21 Å². The second kappa shape index (κ2) is 6.40. The minimum absolute atomic E-state index is 0.0278. The van der Waals surface area contributed by atoms with Crippen LogP contribution in [0, 0.1) is 0 Å². The van der Waals surface area contributed by atoms with E-state index in [1.807, 2.05) is 12.1 Å². The lowest BCUT2D eigenvalue weighted by atomic mass is 9.75. The summed E-state index contributed by atoms with van der Waals surface area (Å²) in [5, 5.41) is 0. The molecule has 2 heteroatoms. The van der Waals surface area contributed by atoms with Crippen LogP contribution in [0.2, 0.25) is 0 Å². The van der Waals surface area contributed by atoms with Crippen molar-refractivity contribution < 1.29 is 4.42 Å². The van der Waals surface area contributed by atoms with Crippen LogP contribution in [0.4, 0.5) is 0 Å². The minimum atomic E-state index is -0.0278. The standard InChI is InChI=1S/C19H19NO/c1-3-8-17(9-4-1)19(11-5-2-6-12-19)13-14-20-16-18-10-7-15-21-18/h1,3-12,15-16H,2,13-14H2. The van der Waals surface area contributed by atoms with Crippen LogP contribution in [0.3, 0.4) is 0 Å². The third-order valence-electron chi connectivity index (χ3n) is 3.83. The summed E-state index contributed by atoms with van der Waals surface area (Å²) in [7, 11) is 0. The van der Waals surface area contributed by atoms with E-state index in [9.17, 15) is 0 Å². The number of hydrogen-bond acceptors (Lipinski definition) is 2. The molecule has 0 bridgehead atoms. The van der Waals surface area contributed by atoms with Crippen LogP contribution in [0.15, 0.2) is 82.4 Å². The highest BCUT2D eigenvalue weighted by atomic mass is 16.3. The maximum Gasteiger partial charge on any atom is 0.144 e. The van der Waals surface area contributed by atoms with Crippen molar-refractivity contribution in [3.05, 3.63) is 84.4 Å². The van der Waals surface area contributed by atoms with Gasteiger partial charge in [0.15, 0.2) is 0 Å². The van der Waals surface area contributed by atoms with Gasteiger partial charge in [0, 0.05) is 12.0 Å². The summed E-state index contributed by atoms with van der Waals surface area (Å²) < 4.78 is 5.26. The molecule has 2 nitrogen and oxygen atoms in total. The van der Waals surface area contributed by atoms with E-state index in [2.05, 4.69) is 59.6 Å². The van der Waals surface area contributed by atoms with Crippen LogP contribution in [-0.2, 0) is 5.41 Å². The highest BCUT2D eigenvalue weighted by Crippen LogP contribution is 2.34. The van der Waals surface area contributed by atoms with E-state index in [1.54, 1.807) is 12.5 Å². The van der Waals surface area contributed by atoms with Gasteiger partial charge in [-0.3, -0.25) is 4.99 Å². The molecule has 1 aliphatic carbocycles. The first kappa shape index (κ1) is 13.6. The first-order chi connectivity index (χ1) is 10.4. The molecule has 0 spiro atoms. The molecular formula is C19H19NO.